The highest BCUT2D eigenvalue weighted by molar-refractivity contribution is 7.89. The lowest BCUT2D eigenvalue weighted by Gasteiger charge is -2.09. The third-order valence-corrected chi connectivity index (χ3v) is 7.60. The molecule has 0 aliphatic rings. The first-order chi connectivity index (χ1) is 18.3. The van der Waals surface area contributed by atoms with Crippen molar-refractivity contribution in [2.24, 2.45) is 7.05 Å². The number of hydrogen-bond donors (Lipinski definition) is 1. The van der Waals surface area contributed by atoms with Crippen molar-refractivity contribution in [1.82, 2.24) is 9.29 Å². The van der Waals surface area contributed by atoms with Gasteiger partial charge in [0.25, 0.3) is 0 Å². The minimum Gasteiger partial charge on any atom is -0.468 e. The van der Waals surface area contributed by atoms with Gasteiger partial charge in [-0.1, -0.05) is 48.5 Å². The number of hydrogen-bond acceptors (Lipinski definition) is 6. The molecule has 0 spiro atoms. The summed E-state index contributed by atoms with van der Waals surface area (Å²) in [5.41, 5.74) is 3.11. The van der Waals surface area contributed by atoms with Crippen molar-refractivity contribution >= 4 is 32.7 Å². The summed E-state index contributed by atoms with van der Waals surface area (Å²) in [4.78, 5) is 26.0. The molecule has 38 heavy (non-hydrogen) atoms. The van der Waals surface area contributed by atoms with Crippen LogP contribution < -0.4 is 4.72 Å². The Morgan fingerprint density at radius 3 is 2.32 bits per heavy atom. The molecule has 1 N–H and O–H groups in total. The van der Waals surface area contributed by atoms with E-state index in [0.29, 0.717) is 11.3 Å². The zero-order chi connectivity index (χ0) is 26.7. The molecule has 0 bridgehead atoms. The lowest BCUT2D eigenvalue weighted by Crippen LogP contribution is -2.23. The monoisotopic (exact) mass is 528 g/mol. The van der Waals surface area contributed by atoms with E-state index < -0.39 is 22.6 Å². The number of sulfonamides is 1. The lowest BCUT2D eigenvalue weighted by atomic mass is 10.0. The molecule has 2 heterocycles. The van der Waals surface area contributed by atoms with E-state index in [0.717, 1.165) is 22.2 Å². The molecular weight excluding hydrogens is 504 g/mol. The first kappa shape index (κ1) is 25.2. The number of para-hydroxylation sites is 1. The Kier molecular flexibility index (Phi) is 6.95. The normalized spacial score (nSPS) is 11.5. The number of esters is 1. The summed E-state index contributed by atoms with van der Waals surface area (Å²) in [6.45, 7) is -0.461. The second-order valence-electron chi connectivity index (χ2n) is 8.59. The number of carbonyl (C=O) groups excluding carboxylic acids is 2. The van der Waals surface area contributed by atoms with Gasteiger partial charge in [0.05, 0.1) is 34.5 Å². The number of Topliss-reactive ketones (excluding diaryl/α,β-unsaturated/α-hetero) is 1. The summed E-state index contributed by atoms with van der Waals surface area (Å²) < 4.78 is 39.9. The van der Waals surface area contributed by atoms with Crippen LogP contribution in [0.4, 0.5) is 0 Å². The molecular formula is C29H24N2O6S. The summed E-state index contributed by atoms with van der Waals surface area (Å²) in [5, 5.41) is 0.770. The molecule has 0 aliphatic carbocycles. The van der Waals surface area contributed by atoms with Gasteiger partial charge >= 0.3 is 5.97 Å². The minimum absolute atomic E-state index is 0.000373. The molecule has 0 atom stereocenters. The average Bonchev–Trinajstić information content (AvgIpc) is 3.57. The third kappa shape index (κ3) is 5.02. The maximum atomic E-state index is 13.4. The van der Waals surface area contributed by atoms with Crippen molar-refractivity contribution < 1.29 is 27.2 Å². The van der Waals surface area contributed by atoms with Gasteiger partial charge in [0.1, 0.15) is 5.76 Å². The molecule has 0 radical (unpaired) electrons. The number of ketones is 1. The van der Waals surface area contributed by atoms with Crippen LogP contribution in [0.5, 0.6) is 0 Å². The summed E-state index contributed by atoms with van der Waals surface area (Å²) in [6.07, 6.45) is 1.46. The van der Waals surface area contributed by atoms with E-state index in [9.17, 15) is 18.0 Å². The number of rotatable bonds is 9. The Labute approximate surface area is 219 Å². The number of aromatic nitrogens is 1. The highest BCUT2D eigenvalue weighted by Crippen LogP contribution is 2.33. The van der Waals surface area contributed by atoms with Crippen molar-refractivity contribution in [2.75, 3.05) is 6.61 Å². The van der Waals surface area contributed by atoms with Gasteiger partial charge in [-0.05, 0) is 48.0 Å². The molecule has 9 heteroatoms. The molecule has 3 aromatic carbocycles. The quantitative estimate of drug-likeness (QED) is 0.214. The molecule has 0 saturated heterocycles. The van der Waals surface area contributed by atoms with Crippen LogP contribution in [0.25, 0.3) is 22.2 Å². The van der Waals surface area contributed by atoms with Crippen molar-refractivity contribution in [3.8, 4) is 11.3 Å². The molecule has 5 rings (SSSR count). The van der Waals surface area contributed by atoms with E-state index in [1.54, 1.807) is 12.1 Å². The van der Waals surface area contributed by atoms with Crippen LogP contribution in [0.1, 0.15) is 26.5 Å². The molecule has 192 valence electrons. The number of furan rings is 1. The van der Waals surface area contributed by atoms with Gasteiger partial charge in [-0.3, -0.25) is 4.79 Å². The highest BCUT2D eigenvalue weighted by atomic mass is 32.2. The predicted molar refractivity (Wildman–Crippen MR) is 142 cm³/mol. The number of benzene rings is 3. The SMILES string of the molecule is Cn1c(-c2ccccc2)c(C(=O)COC(=O)c2ccc(S(=O)(=O)NCc3ccco3)cc2)c2ccccc21. The maximum absolute atomic E-state index is 13.4. The fourth-order valence-electron chi connectivity index (χ4n) is 4.33. The highest BCUT2D eigenvalue weighted by Gasteiger charge is 2.23. The van der Waals surface area contributed by atoms with Crippen LogP contribution in [-0.4, -0.2) is 31.3 Å². The van der Waals surface area contributed by atoms with E-state index in [1.807, 2.05) is 66.2 Å². The van der Waals surface area contributed by atoms with Crippen LogP contribution in [0.15, 0.2) is 107 Å². The first-order valence-electron chi connectivity index (χ1n) is 11.8. The predicted octanol–water partition coefficient (Wildman–Crippen LogP) is 4.96. The Morgan fingerprint density at radius 2 is 1.61 bits per heavy atom. The summed E-state index contributed by atoms with van der Waals surface area (Å²) in [7, 11) is -1.91. The molecule has 0 aliphatic heterocycles. The lowest BCUT2D eigenvalue weighted by molar-refractivity contribution is 0.0475. The fourth-order valence-corrected chi connectivity index (χ4v) is 5.32. The fraction of sp³-hybridized carbons (Fsp3) is 0.103. The van der Waals surface area contributed by atoms with Crippen LogP contribution in [0, 0.1) is 0 Å². The minimum atomic E-state index is -3.81. The van der Waals surface area contributed by atoms with Crippen molar-refractivity contribution in [2.45, 2.75) is 11.4 Å². The van der Waals surface area contributed by atoms with Crippen LogP contribution in [0.2, 0.25) is 0 Å². The smallest absolute Gasteiger partial charge is 0.338 e. The molecule has 5 aromatic rings. The van der Waals surface area contributed by atoms with E-state index in [1.165, 1.54) is 30.5 Å². The Hall–Kier alpha value is -4.47. The van der Waals surface area contributed by atoms with Crippen molar-refractivity contribution in [3.63, 3.8) is 0 Å². The number of nitrogens with one attached hydrogen (secondary N) is 1. The average molecular weight is 529 g/mol. The first-order valence-corrected chi connectivity index (χ1v) is 13.3. The molecule has 0 fully saturated rings. The van der Waals surface area contributed by atoms with Gasteiger partial charge < -0.3 is 13.7 Å². The molecule has 8 nitrogen and oxygen atoms in total. The van der Waals surface area contributed by atoms with Crippen molar-refractivity contribution in [3.05, 3.63) is 114 Å². The number of aryl methyl sites for hydroxylation is 1. The Morgan fingerprint density at radius 1 is 0.895 bits per heavy atom. The number of carbonyl (C=O) groups is 2. The van der Waals surface area contributed by atoms with Gasteiger partial charge in [0.15, 0.2) is 6.61 Å². The number of ether oxygens (including phenoxy) is 1. The molecule has 2 aromatic heterocycles. The van der Waals surface area contributed by atoms with Crippen LogP contribution >= 0.6 is 0 Å². The van der Waals surface area contributed by atoms with Crippen LogP contribution in [-0.2, 0) is 28.4 Å². The second-order valence-corrected chi connectivity index (χ2v) is 10.4. The summed E-state index contributed by atoms with van der Waals surface area (Å²) in [6, 6.07) is 25.8. The van der Waals surface area contributed by atoms with Crippen LogP contribution in [0.3, 0.4) is 0 Å². The zero-order valence-electron chi connectivity index (χ0n) is 20.5. The van der Waals surface area contributed by atoms with Gasteiger partial charge in [-0.25, -0.2) is 17.9 Å². The third-order valence-electron chi connectivity index (χ3n) is 6.18. The van der Waals surface area contributed by atoms with Gasteiger partial charge in [0.2, 0.25) is 15.8 Å². The number of fused-ring (bicyclic) bond motifs is 1. The standard InChI is InChI=1S/C29H24N2O6S/c1-31-25-12-6-5-11-24(25)27(28(31)20-8-3-2-4-9-20)26(32)19-37-29(33)21-13-15-23(16-14-21)38(34,35)30-18-22-10-7-17-36-22/h2-17,30H,18-19H2,1H3. The molecule has 0 amide bonds. The van der Waals surface area contributed by atoms with E-state index >= 15 is 0 Å². The molecule has 0 saturated carbocycles. The van der Waals surface area contributed by atoms with E-state index in [-0.39, 0.29) is 22.8 Å². The van der Waals surface area contributed by atoms with Gasteiger partial charge in [0, 0.05) is 18.0 Å². The van der Waals surface area contributed by atoms with Gasteiger partial charge in [-0.15, -0.1) is 0 Å². The zero-order valence-corrected chi connectivity index (χ0v) is 21.3. The second kappa shape index (κ2) is 10.5. The largest absolute Gasteiger partial charge is 0.468 e. The van der Waals surface area contributed by atoms with Gasteiger partial charge in [-0.2, -0.15) is 0 Å². The Bertz CT molecular complexity index is 1700. The Balaban J connectivity index is 1.31. The maximum Gasteiger partial charge on any atom is 0.338 e. The van der Waals surface area contributed by atoms with E-state index in [4.69, 9.17) is 9.15 Å². The topological polar surface area (TPSA) is 108 Å². The molecule has 0 unspecified atom stereocenters. The summed E-state index contributed by atoms with van der Waals surface area (Å²) in [5.74, 6) is -0.595. The van der Waals surface area contributed by atoms with Crippen molar-refractivity contribution in [1.29, 1.82) is 0 Å². The number of nitrogens with zero attached hydrogens (tertiary/aromatic N) is 1. The summed E-state index contributed by atoms with van der Waals surface area (Å²) >= 11 is 0. The van der Waals surface area contributed by atoms with E-state index in [2.05, 4.69) is 4.72 Å².